The predicted molar refractivity (Wildman–Crippen MR) is 44.8 cm³/mol. The Hall–Kier alpha value is -1.32. The summed E-state index contributed by atoms with van der Waals surface area (Å²) in [5.41, 5.74) is 0. The molecule has 0 spiro atoms. The molecule has 76 valence electrons. The monoisotopic (exact) mass is 190 g/mol. The first-order valence-corrected chi connectivity index (χ1v) is 3.51. The van der Waals surface area contributed by atoms with Gasteiger partial charge in [0.05, 0.1) is 6.10 Å². The molecular weight excluding hydrogens is 176 g/mol. The van der Waals surface area contributed by atoms with Crippen LogP contribution in [-0.4, -0.2) is 35.1 Å². The quantitative estimate of drug-likeness (QED) is 0.367. The van der Waals surface area contributed by atoms with E-state index in [1.807, 2.05) is 6.92 Å². The molecule has 0 amide bonds. The van der Waals surface area contributed by atoms with E-state index in [-0.39, 0.29) is 12.7 Å². The molecule has 6 nitrogen and oxygen atoms in total. The average Bonchev–Trinajstić information content (AvgIpc) is 2.07. The van der Waals surface area contributed by atoms with Crippen LogP contribution < -0.4 is 0 Å². The lowest BCUT2D eigenvalue weighted by Gasteiger charge is -2.01. The van der Waals surface area contributed by atoms with Crippen molar-refractivity contribution in [3.63, 3.8) is 0 Å². The number of aliphatic hydroxyl groups is 2. The van der Waals surface area contributed by atoms with Crippen LogP contribution in [0.5, 0.6) is 0 Å². The van der Waals surface area contributed by atoms with Crippen molar-refractivity contribution >= 4 is 12.2 Å². The number of aliphatic hydroxyl groups excluding tert-OH is 2. The van der Waals surface area contributed by atoms with Crippen LogP contribution in [0.1, 0.15) is 19.8 Å². The van der Waals surface area contributed by atoms with Gasteiger partial charge in [0.25, 0.3) is 0 Å². The van der Waals surface area contributed by atoms with Crippen molar-refractivity contribution in [1.82, 2.24) is 0 Å². The molecule has 0 saturated heterocycles. The molecular formula is C7H14N2O4. The van der Waals surface area contributed by atoms with Gasteiger partial charge < -0.3 is 10.2 Å². The first-order valence-electron chi connectivity index (χ1n) is 3.51. The van der Waals surface area contributed by atoms with Crippen LogP contribution in [0.15, 0.2) is 0 Å². The van der Waals surface area contributed by atoms with Crippen LogP contribution in [0.2, 0.25) is 0 Å². The fourth-order valence-electron chi connectivity index (χ4n) is 0.353. The lowest BCUT2D eigenvalue weighted by atomic mass is 10.2. The summed E-state index contributed by atoms with van der Waals surface area (Å²) < 4.78 is 0. The van der Waals surface area contributed by atoms with Gasteiger partial charge in [0, 0.05) is 6.61 Å². The zero-order valence-corrected chi connectivity index (χ0v) is 7.41. The summed E-state index contributed by atoms with van der Waals surface area (Å²) >= 11 is 0. The molecule has 0 rings (SSSR count). The molecule has 0 bridgehead atoms. The van der Waals surface area contributed by atoms with E-state index in [0.717, 1.165) is 18.6 Å². The van der Waals surface area contributed by atoms with E-state index in [9.17, 15) is 0 Å². The zero-order chi connectivity index (χ0) is 11.1. The maximum absolute atomic E-state index is 8.70. The smallest absolute Gasteiger partial charge is 0.231 e. The van der Waals surface area contributed by atoms with Gasteiger partial charge in [-0.25, -0.2) is 20.4 Å². The SMILES string of the molecule is CCC(O)CCO.N=C=O.N=C=O. The Balaban J connectivity index is -0.000000140. The Morgan fingerprint density at radius 2 is 1.62 bits per heavy atom. The summed E-state index contributed by atoms with van der Waals surface area (Å²) in [6.07, 6.45) is 2.45. The Bertz CT molecular complexity index is 137. The fourth-order valence-corrected chi connectivity index (χ4v) is 0.353. The van der Waals surface area contributed by atoms with Crippen LogP contribution in [0.25, 0.3) is 0 Å². The molecule has 0 fully saturated rings. The van der Waals surface area contributed by atoms with Gasteiger partial charge in [-0.2, -0.15) is 0 Å². The van der Waals surface area contributed by atoms with Crippen molar-refractivity contribution < 1.29 is 19.8 Å². The summed E-state index contributed by atoms with van der Waals surface area (Å²) in [4.78, 5) is 16.7. The highest BCUT2D eigenvalue weighted by Crippen LogP contribution is 1.92. The molecule has 0 radical (unpaired) electrons. The standard InChI is InChI=1S/C5H12O2.2CHNO/c1-2-5(7)3-4-6;2*2-1-3/h5-7H,2-4H2,1H3;2*2H. The number of nitrogens with one attached hydrogen (secondary N) is 2. The molecule has 1 atom stereocenters. The van der Waals surface area contributed by atoms with E-state index >= 15 is 0 Å². The number of hydrogen-bond acceptors (Lipinski definition) is 6. The second-order valence-corrected chi connectivity index (χ2v) is 1.78. The third kappa shape index (κ3) is 59.4. The number of hydrogen-bond donors (Lipinski definition) is 4. The molecule has 6 heteroatoms. The van der Waals surface area contributed by atoms with Crippen molar-refractivity contribution in [3.05, 3.63) is 0 Å². The first kappa shape index (κ1) is 17.7. The molecule has 0 heterocycles. The fraction of sp³-hybridized carbons (Fsp3) is 0.714. The van der Waals surface area contributed by atoms with Gasteiger partial charge in [-0.15, -0.1) is 0 Å². The van der Waals surface area contributed by atoms with Gasteiger partial charge in [0.1, 0.15) is 0 Å². The highest BCUT2D eigenvalue weighted by molar-refractivity contribution is 5.26. The maximum Gasteiger partial charge on any atom is 0.231 e. The molecule has 0 aliphatic rings. The molecule has 4 N–H and O–H groups in total. The zero-order valence-electron chi connectivity index (χ0n) is 7.41. The Labute approximate surface area is 76.2 Å². The van der Waals surface area contributed by atoms with Crippen LogP contribution >= 0.6 is 0 Å². The van der Waals surface area contributed by atoms with Gasteiger partial charge in [0.2, 0.25) is 12.2 Å². The highest BCUT2D eigenvalue weighted by atomic mass is 16.3. The van der Waals surface area contributed by atoms with Crippen molar-refractivity contribution in [2.75, 3.05) is 6.61 Å². The van der Waals surface area contributed by atoms with E-state index in [4.69, 9.17) is 30.6 Å². The topological polar surface area (TPSA) is 122 Å². The summed E-state index contributed by atoms with van der Waals surface area (Å²) in [6, 6.07) is 0. The second kappa shape index (κ2) is 22.4. The molecule has 0 aromatic carbocycles. The molecule has 1 unspecified atom stereocenters. The second-order valence-electron chi connectivity index (χ2n) is 1.78. The minimum Gasteiger partial charge on any atom is -0.396 e. The van der Waals surface area contributed by atoms with Crippen molar-refractivity contribution in [2.24, 2.45) is 0 Å². The minimum absolute atomic E-state index is 0.0923. The number of carbonyl (C=O) groups excluding carboxylic acids is 2. The van der Waals surface area contributed by atoms with Crippen LogP contribution in [0.3, 0.4) is 0 Å². The van der Waals surface area contributed by atoms with E-state index < -0.39 is 0 Å². The minimum atomic E-state index is -0.301. The molecule has 0 saturated carbocycles. The van der Waals surface area contributed by atoms with Crippen molar-refractivity contribution in [2.45, 2.75) is 25.9 Å². The third-order valence-electron chi connectivity index (χ3n) is 0.934. The summed E-state index contributed by atoms with van der Waals surface area (Å²) in [5.74, 6) is 0. The lowest BCUT2D eigenvalue weighted by molar-refractivity contribution is 0.129. The van der Waals surface area contributed by atoms with Gasteiger partial charge in [0.15, 0.2) is 0 Å². The lowest BCUT2D eigenvalue weighted by Crippen LogP contribution is -2.05. The van der Waals surface area contributed by atoms with Crippen molar-refractivity contribution in [1.29, 1.82) is 10.8 Å². The predicted octanol–water partition coefficient (Wildman–Crippen LogP) is -0.0584. The van der Waals surface area contributed by atoms with Crippen LogP contribution in [-0.2, 0) is 9.59 Å². The van der Waals surface area contributed by atoms with Gasteiger partial charge in [-0.3, -0.25) is 0 Å². The summed E-state index contributed by atoms with van der Waals surface area (Å²) in [6.45, 7) is 1.98. The molecule has 0 aromatic heterocycles. The largest absolute Gasteiger partial charge is 0.396 e. The highest BCUT2D eigenvalue weighted by Gasteiger charge is 1.95. The number of rotatable bonds is 3. The number of isocyanates is 2. The first-order chi connectivity index (χ1) is 6.14. The summed E-state index contributed by atoms with van der Waals surface area (Å²) in [7, 11) is 0. The van der Waals surface area contributed by atoms with Crippen LogP contribution in [0, 0.1) is 10.8 Å². The van der Waals surface area contributed by atoms with Gasteiger partial charge in [-0.05, 0) is 12.8 Å². The normalized spacial score (nSPS) is 8.85. The molecule has 0 aliphatic heterocycles. The van der Waals surface area contributed by atoms with Crippen molar-refractivity contribution in [3.8, 4) is 0 Å². The van der Waals surface area contributed by atoms with E-state index in [0.29, 0.717) is 6.42 Å². The van der Waals surface area contributed by atoms with E-state index in [1.165, 1.54) is 0 Å². The average molecular weight is 190 g/mol. The molecule has 0 aromatic rings. The molecule has 13 heavy (non-hydrogen) atoms. The van der Waals surface area contributed by atoms with Gasteiger partial charge in [-0.1, -0.05) is 6.92 Å². The third-order valence-corrected chi connectivity index (χ3v) is 0.934. The Morgan fingerprint density at radius 1 is 1.31 bits per heavy atom. The molecule has 0 aliphatic carbocycles. The van der Waals surface area contributed by atoms with E-state index in [2.05, 4.69) is 0 Å². The van der Waals surface area contributed by atoms with Crippen LogP contribution in [0.4, 0.5) is 0 Å². The van der Waals surface area contributed by atoms with E-state index in [1.54, 1.807) is 0 Å². The Morgan fingerprint density at radius 3 is 1.69 bits per heavy atom. The maximum atomic E-state index is 8.70. The summed E-state index contributed by atoms with van der Waals surface area (Å²) in [5, 5.41) is 27.7. The van der Waals surface area contributed by atoms with Gasteiger partial charge >= 0.3 is 0 Å². The Kier molecular flexibility index (Phi) is 30.5.